The van der Waals surface area contributed by atoms with Crippen molar-refractivity contribution in [3.8, 4) is 22.8 Å². The predicted octanol–water partition coefficient (Wildman–Crippen LogP) is 9.80. The molecule has 0 saturated heterocycles. The fraction of sp³-hybridized carbons (Fsp3) is 0.389. The molecule has 0 unspecified atom stereocenters. The van der Waals surface area contributed by atoms with Crippen LogP contribution in [0.4, 0.5) is 0 Å². The maximum Gasteiger partial charge on any atom is 0.119 e. The lowest BCUT2D eigenvalue weighted by Crippen LogP contribution is -2.07. The SMILES string of the molecule is CCCCCCCCCc1ccc(OCCCn2c(C)ccc2-c2ccc(OCc3ccccc3)cc2)cc1. The average Bonchev–Trinajstić information content (AvgIpc) is 3.35. The maximum atomic E-state index is 6.07. The van der Waals surface area contributed by atoms with E-state index < -0.39 is 0 Å². The summed E-state index contributed by atoms with van der Waals surface area (Å²) in [6, 6.07) is 31.8. The molecule has 0 fully saturated rings. The first-order valence-corrected chi connectivity index (χ1v) is 14.9. The summed E-state index contributed by atoms with van der Waals surface area (Å²) in [6.45, 7) is 6.66. The molecule has 0 aliphatic heterocycles. The fourth-order valence-corrected chi connectivity index (χ4v) is 5.03. The lowest BCUT2D eigenvalue weighted by Gasteiger charge is -2.13. The Labute approximate surface area is 235 Å². The van der Waals surface area contributed by atoms with Gasteiger partial charge in [-0.2, -0.15) is 0 Å². The van der Waals surface area contributed by atoms with Crippen molar-refractivity contribution < 1.29 is 9.47 Å². The molecule has 0 aliphatic carbocycles. The van der Waals surface area contributed by atoms with Crippen LogP contribution >= 0.6 is 0 Å². The molecule has 3 heteroatoms. The van der Waals surface area contributed by atoms with Crippen molar-refractivity contribution in [1.82, 2.24) is 4.57 Å². The summed E-state index contributed by atoms with van der Waals surface area (Å²) in [7, 11) is 0. The van der Waals surface area contributed by atoms with E-state index in [1.54, 1.807) is 0 Å². The second kappa shape index (κ2) is 15.8. The van der Waals surface area contributed by atoms with Crippen LogP contribution in [0.2, 0.25) is 0 Å². The summed E-state index contributed by atoms with van der Waals surface area (Å²) in [6.07, 6.45) is 11.6. The smallest absolute Gasteiger partial charge is 0.119 e. The molecule has 4 rings (SSSR count). The van der Waals surface area contributed by atoms with Crippen LogP contribution in [0.15, 0.2) is 91.0 Å². The third-order valence-electron chi connectivity index (χ3n) is 7.38. The number of aryl methyl sites for hydroxylation is 2. The number of aromatic nitrogens is 1. The van der Waals surface area contributed by atoms with Crippen LogP contribution in [-0.4, -0.2) is 11.2 Å². The van der Waals surface area contributed by atoms with Gasteiger partial charge in [-0.3, -0.25) is 0 Å². The summed E-state index contributed by atoms with van der Waals surface area (Å²) in [5.41, 5.74) is 6.29. The van der Waals surface area contributed by atoms with E-state index in [1.807, 2.05) is 18.2 Å². The van der Waals surface area contributed by atoms with E-state index in [4.69, 9.17) is 9.47 Å². The van der Waals surface area contributed by atoms with E-state index >= 15 is 0 Å². The highest BCUT2D eigenvalue weighted by Gasteiger charge is 2.08. The normalized spacial score (nSPS) is 11.0. The average molecular weight is 524 g/mol. The Morgan fingerprint density at radius 3 is 2.00 bits per heavy atom. The van der Waals surface area contributed by atoms with Crippen LogP contribution in [0.25, 0.3) is 11.3 Å². The summed E-state index contributed by atoms with van der Waals surface area (Å²) < 4.78 is 14.4. The van der Waals surface area contributed by atoms with Crippen molar-refractivity contribution in [2.24, 2.45) is 0 Å². The Hall–Kier alpha value is -3.46. The topological polar surface area (TPSA) is 23.4 Å². The minimum Gasteiger partial charge on any atom is -0.494 e. The number of ether oxygens (including phenoxy) is 2. The minimum absolute atomic E-state index is 0.581. The first-order valence-electron chi connectivity index (χ1n) is 14.9. The van der Waals surface area contributed by atoms with Gasteiger partial charge >= 0.3 is 0 Å². The lowest BCUT2D eigenvalue weighted by atomic mass is 10.0. The van der Waals surface area contributed by atoms with Gasteiger partial charge in [-0.05, 0) is 91.4 Å². The monoisotopic (exact) mass is 523 g/mol. The summed E-state index contributed by atoms with van der Waals surface area (Å²) in [5.74, 6) is 1.85. The van der Waals surface area contributed by atoms with Gasteiger partial charge in [-0.25, -0.2) is 0 Å². The Balaban J connectivity index is 1.19. The van der Waals surface area contributed by atoms with Crippen molar-refractivity contribution >= 4 is 0 Å². The molecular formula is C36H45NO2. The molecule has 0 bridgehead atoms. The molecule has 39 heavy (non-hydrogen) atoms. The Morgan fingerprint density at radius 1 is 0.590 bits per heavy atom. The number of unbranched alkanes of at least 4 members (excludes halogenated alkanes) is 6. The number of rotatable bonds is 17. The molecule has 0 aliphatic rings. The Bertz CT molecular complexity index is 1210. The molecular weight excluding hydrogens is 478 g/mol. The van der Waals surface area contributed by atoms with E-state index in [1.165, 1.54) is 79.4 Å². The molecule has 3 nitrogen and oxygen atoms in total. The van der Waals surface area contributed by atoms with Gasteiger partial charge in [0.2, 0.25) is 0 Å². The first kappa shape index (κ1) is 28.5. The molecule has 3 aromatic carbocycles. The van der Waals surface area contributed by atoms with Gasteiger partial charge in [0.1, 0.15) is 18.1 Å². The van der Waals surface area contributed by atoms with Crippen LogP contribution < -0.4 is 9.47 Å². The largest absolute Gasteiger partial charge is 0.494 e. The molecule has 0 atom stereocenters. The number of benzene rings is 3. The van der Waals surface area contributed by atoms with E-state index in [2.05, 4.69) is 91.2 Å². The first-order chi connectivity index (χ1) is 19.2. The number of nitrogens with zero attached hydrogens (tertiary/aromatic N) is 1. The van der Waals surface area contributed by atoms with Crippen LogP contribution in [0.5, 0.6) is 11.5 Å². The van der Waals surface area contributed by atoms with E-state index in [9.17, 15) is 0 Å². The van der Waals surface area contributed by atoms with Crippen molar-refractivity contribution in [3.63, 3.8) is 0 Å². The van der Waals surface area contributed by atoms with Gasteiger partial charge in [-0.1, -0.05) is 87.9 Å². The number of hydrogen-bond acceptors (Lipinski definition) is 2. The Morgan fingerprint density at radius 2 is 1.26 bits per heavy atom. The van der Waals surface area contributed by atoms with Gasteiger partial charge in [0.15, 0.2) is 0 Å². The molecule has 1 heterocycles. The second-order valence-corrected chi connectivity index (χ2v) is 10.5. The zero-order chi connectivity index (χ0) is 27.1. The van der Waals surface area contributed by atoms with Crippen LogP contribution in [0, 0.1) is 6.92 Å². The van der Waals surface area contributed by atoms with E-state index in [-0.39, 0.29) is 0 Å². The second-order valence-electron chi connectivity index (χ2n) is 10.5. The number of hydrogen-bond donors (Lipinski definition) is 0. The minimum atomic E-state index is 0.581. The predicted molar refractivity (Wildman–Crippen MR) is 164 cm³/mol. The molecule has 0 N–H and O–H groups in total. The van der Waals surface area contributed by atoms with Crippen LogP contribution in [-0.2, 0) is 19.6 Å². The van der Waals surface area contributed by atoms with Gasteiger partial charge in [0, 0.05) is 17.9 Å². The van der Waals surface area contributed by atoms with Crippen LogP contribution in [0.1, 0.15) is 75.1 Å². The summed E-state index contributed by atoms with van der Waals surface area (Å²) in [4.78, 5) is 0. The highest BCUT2D eigenvalue weighted by molar-refractivity contribution is 5.62. The molecule has 0 amide bonds. The molecule has 0 spiro atoms. The van der Waals surface area contributed by atoms with Crippen molar-refractivity contribution in [1.29, 1.82) is 0 Å². The van der Waals surface area contributed by atoms with Crippen molar-refractivity contribution in [2.45, 2.75) is 84.8 Å². The zero-order valence-electron chi connectivity index (χ0n) is 23.9. The molecule has 0 radical (unpaired) electrons. The highest BCUT2D eigenvalue weighted by Crippen LogP contribution is 2.26. The zero-order valence-corrected chi connectivity index (χ0v) is 23.9. The van der Waals surface area contributed by atoms with E-state index in [0.29, 0.717) is 13.2 Å². The van der Waals surface area contributed by atoms with Gasteiger partial charge < -0.3 is 14.0 Å². The van der Waals surface area contributed by atoms with Gasteiger partial charge in [-0.15, -0.1) is 0 Å². The van der Waals surface area contributed by atoms with Crippen molar-refractivity contribution in [2.75, 3.05) is 6.61 Å². The molecule has 4 aromatic rings. The Kier molecular flexibility index (Phi) is 11.6. The highest BCUT2D eigenvalue weighted by atomic mass is 16.5. The molecule has 1 aromatic heterocycles. The summed E-state index contributed by atoms with van der Waals surface area (Å²) in [5, 5.41) is 0. The van der Waals surface area contributed by atoms with Gasteiger partial charge in [0.05, 0.1) is 6.61 Å². The molecule has 0 saturated carbocycles. The van der Waals surface area contributed by atoms with E-state index in [0.717, 1.165) is 24.5 Å². The fourth-order valence-electron chi connectivity index (χ4n) is 5.03. The third-order valence-corrected chi connectivity index (χ3v) is 7.38. The standard InChI is InChI=1S/C36H45NO2/c1-3-4-5-6-7-8-10-14-31-18-22-34(23-19-31)38-28-13-27-37-30(2)17-26-36(37)33-20-24-35(25-21-33)39-29-32-15-11-9-12-16-32/h9,11-12,15-26H,3-8,10,13-14,27-29H2,1-2H3. The third kappa shape index (κ3) is 9.35. The lowest BCUT2D eigenvalue weighted by molar-refractivity contribution is 0.301. The maximum absolute atomic E-state index is 6.07. The molecule has 206 valence electrons. The summed E-state index contributed by atoms with van der Waals surface area (Å²) >= 11 is 0. The van der Waals surface area contributed by atoms with Crippen molar-refractivity contribution in [3.05, 3.63) is 108 Å². The van der Waals surface area contributed by atoms with Crippen LogP contribution in [0.3, 0.4) is 0 Å². The quantitative estimate of drug-likeness (QED) is 0.129. The van der Waals surface area contributed by atoms with Gasteiger partial charge in [0.25, 0.3) is 0 Å².